The van der Waals surface area contributed by atoms with E-state index < -0.39 is 5.91 Å². The molecule has 0 spiro atoms. The minimum Gasteiger partial charge on any atom is -0.457 e. The molecule has 1 aromatic carbocycles. The van der Waals surface area contributed by atoms with Crippen LogP contribution in [0.25, 0.3) is 17.4 Å². The third-order valence-electron chi connectivity index (χ3n) is 2.15. The third kappa shape index (κ3) is 2.98. The summed E-state index contributed by atoms with van der Waals surface area (Å²) in [5, 5.41) is 0.646. The van der Waals surface area contributed by atoms with Crippen LogP contribution in [-0.2, 0) is 4.79 Å². The fourth-order valence-electron chi connectivity index (χ4n) is 1.40. The van der Waals surface area contributed by atoms with E-state index in [-0.39, 0.29) is 0 Å². The Morgan fingerprint density at radius 2 is 2.12 bits per heavy atom. The van der Waals surface area contributed by atoms with Gasteiger partial charge in [0.05, 0.1) is 0 Å². The molecule has 3 nitrogen and oxygen atoms in total. The number of amides is 1. The Kier molecular flexibility index (Phi) is 3.30. The molecule has 1 heterocycles. The number of carbonyl (C=O) groups excluding carboxylic acids is 1. The van der Waals surface area contributed by atoms with Crippen molar-refractivity contribution in [3.05, 3.63) is 53.3 Å². The van der Waals surface area contributed by atoms with Crippen molar-refractivity contribution in [1.82, 2.24) is 0 Å². The largest absolute Gasteiger partial charge is 0.457 e. The molecule has 2 rings (SSSR count). The molecule has 4 heteroatoms. The van der Waals surface area contributed by atoms with E-state index in [9.17, 15) is 4.79 Å². The van der Waals surface area contributed by atoms with Crippen molar-refractivity contribution in [2.75, 3.05) is 0 Å². The van der Waals surface area contributed by atoms with Crippen LogP contribution in [0.2, 0.25) is 5.02 Å². The molecule has 0 saturated heterocycles. The van der Waals surface area contributed by atoms with E-state index in [0.29, 0.717) is 16.5 Å². The fourth-order valence-corrected chi connectivity index (χ4v) is 1.59. The van der Waals surface area contributed by atoms with Gasteiger partial charge in [0.1, 0.15) is 11.5 Å². The average Bonchev–Trinajstić information content (AvgIpc) is 2.75. The molecule has 0 fully saturated rings. The summed E-state index contributed by atoms with van der Waals surface area (Å²) in [4.78, 5) is 10.6. The zero-order valence-corrected chi connectivity index (χ0v) is 9.65. The number of primary amides is 1. The van der Waals surface area contributed by atoms with E-state index in [1.54, 1.807) is 12.1 Å². The Bertz CT molecular complexity index is 572. The Labute approximate surface area is 103 Å². The summed E-state index contributed by atoms with van der Waals surface area (Å²) in [6.45, 7) is 0. The summed E-state index contributed by atoms with van der Waals surface area (Å²) < 4.78 is 5.52. The van der Waals surface area contributed by atoms with E-state index in [0.717, 1.165) is 5.56 Å². The molecular formula is C13H10ClNO2. The molecule has 0 unspecified atom stereocenters. The smallest absolute Gasteiger partial charge is 0.241 e. The van der Waals surface area contributed by atoms with Crippen LogP contribution >= 0.6 is 11.6 Å². The highest BCUT2D eigenvalue weighted by molar-refractivity contribution is 6.30. The van der Waals surface area contributed by atoms with Crippen LogP contribution in [0.4, 0.5) is 0 Å². The zero-order valence-electron chi connectivity index (χ0n) is 8.89. The highest BCUT2D eigenvalue weighted by Crippen LogP contribution is 2.25. The van der Waals surface area contributed by atoms with Gasteiger partial charge in [-0.05, 0) is 30.3 Å². The highest BCUT2D eigenvalue weighted by atomic mass is 35.5. The van der Waals surface area contributed by atoms with Crippen LogP contribution < -0.4 is 5.73 Å². The first-order chi connectivity index (χ1) is 8.15. The van der Waals surface area contributed by atoms with Gasteiger partial charge in [0.15, 0.2) is 0 Å². The van der Waals surface area contributed by atoms with Crippen molar-refractivity contribution in [1.29, 1.82) is 0 Å². The molecule has 0 aliphatic rings. The number of nitrogens with two attached hydrogens (primary N) is 1. The van der Waals surface area contributed by atoms with Gasteiger partial charge in [0, 0.05) is 16.7 Å². The predicted octanol–water partition coefficient (Wildman–Crippen LogP) is 3.10. The van der Waals surface area contributed by atoms with Gasteiger partial charge < -0.3 is 10.2 Å². The number of hydrogen-bond donors (Lipinski definition) is 1. The molecule has 0 aliphatic heterocycles. The normalized spacial score (nSPS) is 10.9. The second-order valence-corrected chi connectivity index (χ2v) is 3.88. The Hall–Kier alpha value is -2.00. The standard InChI is InChI=1S/C13H10ClNO2/c14-10-3-1-2-9(8-10)12-6-4-11(17-12)5-7-13(15)16/h1-8H,(H2,15,16)/b7-5-. The quantitative estimate of drug-likeness (QED) is 0.848. The Balaban J connectivity index is 2.27. The van der Waals surface area contributed by atoms with E-state index in [2.05, 4.69) is 0 Å². The van der Waals surface area contributed by atoms with Crippen LogP contribution in [0.1, 0.15) is 5.76 Å². The molecule has 0 atom stereocenters. The average molecular weight is 248 g/mol. The van der Waals surface area contributed by atoms with Crippen LogP contribution in [0.3, 0.4) is 0 Å². The van der Waals surface area contributed by atoms with Crippen molar-refractivity contribution in [2.24, 2.45) is 5.73 Å². The molecule has 0 bridgehead atoms. The predicted molar refractivity (Wildman–Crippen MR) is 67.4 cm³/mol. The lowest BCUT2D eigenvalue weighted by molar-refractivity contribution is -0.113. The van der Waals surface area contributed by atoms with Crippen LogP contribution in [0.5, 0.6) is 0 Å². The molecule has 2 aromatic rings. The highest BCUT2D eigenvalue weighted by Gasteiger charge is 2.03. The summed E-state index contributed by atoms with van der Waals surface area (Å²) in [5.74, 6) is 0.751. The summed E-state index contributed by atoms with van der Waals surface area (Å²) in [6.07, 6.45) is 2.77. The minimum atomic E-state index is -0.509. The topological polar surface area (TPSA) is 56.2 Å². The third-order valence-corrected chi connectivity index (χ3v) is 2.38. The van der Waals surface area contributed by atoms with Crippen molar-refractivity contribution < 1.29 is 9.21 Å². The summed E-state index contributed by atoms with van der Waals surface area (Å²) >= 11 is 5.89. The Morgan fingerprint density at radius 1 is 1.29 bits per heavy atom. The van der Waals surface area contributed by atoms with Crippen LogP contribution in [-0.4, -0.2) is 5.91 Å². The van der Waals surface area contributed by atoms with Crippen molar-refractivity contribution in [2.45, 2.75) is 0 Å². The van der Waals surface area contributed by atoms with E-state index >= 15 is 0 Å². The SMILES string of the molecule is NC(=O)/C=C\c1ccc(-c2cccc(Cl)c2)o1. The lowest BCUT2D eigenvalue weighted by Crippen LogP contribution is -2.04. The molecular weight excluding hydrogens is 238 g/mol. The first kappa shape index (κ1) is 11.5. The number of halogens is 1. The second-order valence-electron chi connectivity index (χ2n) is 3.45. The van der Waals surface area contributed by atoms with Gasteiger partial charge in [-0.3, -0.25) is 4.79 Å². The molecule has 17 heavy (non-hydrogen) atoms. The number of benzene rings is 1. The van der Waals surface area contributed by atoms with Crippen molar-refractivity contribution >= 4 is 23.6 Å². The second kappa shape index (κ2) is 4.89. The number of rotatable bonds is 3. The molecule has 86 valence electrons. The van der Waals surface area contributed by atoms with Gasteiger partial charge in [-0.2, -0.15) is 0 Å². The van der Waals surface area contributed by atoms with Gasteiger partial charge >= 0.3 is 0 Å². The molecule has 0 aliphatic carbocycles. The first-order valence-electron chi connectivity index (χ1n) is 4.98. The van der Waals surface area contributed by atoms with Gasteiger partial charge in [-0.1, -0.05) is 23.7 Å². The van der Waals surface area contributed by atoms with Crippen LogP contribution in [0, 0.1) is 0 Å². The maximum Gasteiger partial charge on any atom is 0.241 e. The number of furan rings is 1. The van der Waals surface area contributed by atoms with Gasteiger partial charge in [-0.25, -0.2) is 0 Å². The zero-order chi connectivity index (χ0) is 12.3. The molecule has 0 saturated carbocycles. The number of carbonyl (C=O) groups is 1. The van der Waals surface area contributed by atoms with E-state index in [1.165, 1.54) is 12.2 Å². The lowest BCUT2D eigenvalue weighted by Gasteiger charge is -1.96. The Morgan fingerprint density at radius 3 is 2.82 bits per heavy atom. The first-order valence-corrected chi connectivity index (χ1v) is 5.36. The van der Waals surface area contributed by atoms with Gasteiger partial charge in [-0.15, -0.1) is 0 Å². The van der Waals surface area contributed by atoms with Crippen molar-refractivity contribution in [3.8, 4) is 11.3 Å². The van der Waals surface area contributed by atoms with E-state index in [1.807, 2.05) is 24.3 Å². The van der Waals surface area contributed by atoms with Crippen molar-refractivity contribution in [3.63, 3.8) is 0 Å². The molecule has 1 amide bonds. The summed E-state index contributed by atoms with van der Waals surface area (Å²) in [5.41, 5.74) is 5.88. The molecule has 1 aromatic heterocycles. The van der Waals surface area contributed by atoms with Gasteiger partial charge in [0.25, 0.3) is 0 Å². The van der Waals surface area contributed by atoms with Gasteiger partial charge in [0.2, 0.25) is 5.91 Å². The lowest BCUT2D eigenvalue weighted by atomic mass is 10.2. The molecule has 2 N–H and O–H groups in total. The number of hydrogen-bond acceptors (Lipinski definition) is 2. The monoisotopic (exact) mass is 247 g/mol. The minimum absolute atomic E-state index is 0.509. The maximum absolute atomic E-state index is 10.6. The van der Waals surface area contributed by atoms with Crippen LogP contribution in [0.15, 0.2) is 46.9 Å². The maximum atomic E-state index is 10.6. The fraction of sp³-hybridized carbons (Fsp3) is 0. The summed E-state index contributed by atoms with van der Waals surface area (Å²) in [6, 6.07) is 10.9. The summed E-state index contributed by atoms with van der Waals surface area (Å²) in [7, 11) is 0. The molecule has 0 radical (unpaired) electrons. The van der Waals surface area contributed by atoms with E-state index in [4.69, 9.17) is 21.8 Å².